The van der Waals surface area contributed by atoms with Crippen molar-refractivity contribution in [3.05, 3.63) is 23.0 Å². The van der Waals surface area contributed by atoms with E-state index in [9.17, 15) is 0 Å². The van der Waals surface area contributed by atoms with Crippen LogP contribution in [0.4, 0.5) is 0 Å². The standard InChI is InChI=1S/C6H5NOS/c1-2-5(1)8-6-3-9-4-7-6/h1-5H. The van der Waals surface area contributed by atoms with Gasteiger partial charge in [0.25, 0.3) is 0 Å². The Bertz CT molecular complexity index is 211. The molecule has 0 radical (unpaired) electrons. The van der Waals surface area contributed by atoms with E-state index in [1.165, 1.54) is 0 Å². The van der Waals surface area contributed by atoms with Crippen LogP contribution in [0.1, 0.15) is 0 Å². The lowest BCUT2D eigenvalue weighted by Crippen LogP contribution is -1.96. The highest BCUT2D eigenvalue weighted by molar-refractivity contribution is 7.07. The minimum absolute atomic E-state index is 0.229. The fourth-order valence-electron chi connectivity index (χ4n) is 0.523. The molecule has 0 aliphatic heterocycles. The second kappa shape index (κ2) is 1.84. The molecular formula is C6H5NOS. The molecule has 3 heteroatoms. The molecule has 0 amide bonds. The third-order valence-corrected chi connectivity index (χ3v) is 1.58. The van der Waals surface area contributed by atoms with Gasteiger partial charge >= 0.3 is 0 Å². The molecule has 46 valence electrons. The molecule has 0 saturated carbocycles. The summed E-state index contributed by atoms with van der Waals surface area (Å²) in [6.45, 7) is 0. The summed E-state index contributed by atoms with van der Waals surface area (Å²) in [7, 11) is 0. The monoisotopic (exact) mass is 139 g/mol. The SMILES string of the molecule is C1=CC1Oc1cscn1. The summed E-state index contributed by atoms with van der Waals surface area (Å²) < 4.78 is 5.25. The van der Waals surface area contributed by atoms with Crippen LogP contribution in [0.2, 0.25) is 0 Å². The summed E-state index contributed by atoms with van der Waals surface area (Å²) in [6.07, 6.45) is 4.20. The predicted molar refractivity (Wildman–Crippen MR) is 35.7 cm³/mol. The molecule has 1 aromatic heterocycles. The third kappa shape index (κ3) is 1.10. The van der Waals surface area contributed by atoms with Crippen molar-refractivity contribution in [2.75, 3.05) is 0 Å². The van der Waals surface area contributed by atoms with E-state index in [2.05, 4.69) is 4.98 Å². The Kier molecular flexibility index (Phi) is 1.02. The molecule has 2 nitrogen and oxygen atoms in total. The van der Waals surface area contributed by atoms with Gasteiger partial charge in [-0.1, -0.05) is 0 Å². The highest BCUT2D eigenvalue weighted by atomic mass is 32.1. The molecule has 0 saturated heterocycles. The van der Waals surface area contributed by atoms with Gasteiger partial charge in [0.2, 0.25) is 5.88 Å². The lowest BCUT2D eigenvalue weighted by molar-refractivity contribution is 0.315. The van der Waals surface area contributed by atoms with E-state index < -0.39 is 0 Å². The Balaban J connectivity index is 1.99. The maximum absolute atomic E-state index is 5.25. The van der Waals surface area contributed by atoms with Crippen LogP contribution >= 0.6 is 11.3 Å². The maximum atomic E-state index is 5.25. The second-order valence-electron chi connectivity index (χ2n) is 1.79. The van der Waals surface area contributed by atoms with Gasteiger partial charge in [0, 0.05) is 0 Å². The van der Waals surface area contributed by atoms with Gasteiger partial charge in [-0.15, -0.1) is 11.3 Å². The van der Waals surface area contributed by atoms with Gasteiger partial charge in [-0.3, -0.25) is 0 Å². The lowest BCUT2D eigenvalue weighted by atomic mass is 10.7. The van der Waals surface area contributed by atoms with E-state index in [-0.39, 0.29) is 6.10 Å². The lowest BCUT2D eigenvalue weighted by Gasteiger charge is -1.95. The molecule has 1 aliphatic rings. The highest BCUT2D eigenvalue weighted by Crippen LogP contribution is 2.17. The van der Waals surface area contributed by atoms with Crippen LogP contribution in [-0.4, -0.2) is 11.1 Å². The molecule has 0 N–H and O–H groups in total. The molecule has 0 bridgehead atoms. The minimum atomic E-state index is 0.229. The Morgan fingerprint density at radius 2 is 2.44 bits per heavy atom. The molecule has 0 fully saturated rings. The van der Waals surface area contributed by atoms with Crippen molar-refractivity contribution in [2.45, 2.75) is 6.10 Å². The van der Waals surface area contributed by atoms with E-state index in [4.69, 9.17) is 4.74 Å². The Morgan fingerprint density at radius 1 is 1.56 bits per heavy atom. The van der Waals surface area contributed by atoms with Crippen LogP contribution in [0.5, 0.6) is 5.88 Å². The zero-order valence-electron chi connectivity index (χ0n) is 4.65. The molecule has 1 aromatic rings. The Morgan fingerprint density at radius 3 is 3.00 bits per heavy atom. The van der Waals surface area contributed by atoms with Crippen LogP contribution in [-0.2, 0) is 0 Å². The van der Waals surface area contributed by atoms with E-state index in [1.807, 2.05) is 17.5 Å². The van der Waals surface area contributed by atoms with Crippen molar-refractivity contribution in [1.29, 1.82) is 0 Å². The van der Waals surface area contributed by atoms with Crippen molar-refractivity contribution in [1.82, 2.24) is 4.98 Å². The van der Waals surface area contributed by atoms with Crippen LogP contribution < -0.4 is 4.74 Å². The third-order valence-electron chi connectivity index (χ3n) is 1.02. The molecule has 1 aliphatic carbocycles. The van der Waals surface area contributed by atoms with Crippen molar-refractivity contribution < 1.29 is 4.74 Å². The second-order valence-corrected chi connectivity index (χ2v) is 2.51. The largest absolute Gasteiger partial charge is 0.465 e. The van der Waals surface area contributed by atoms with Crippen LogP contribution in [0.15, 0.2) is 23.0 Å². The first-order chi connectivity index (χ1) is 4.45. The average Bonchev–Trinajstić information content (AvgIpc) is 2.46. The summed E-state index contributed by atoms with van der Waals surface area (Å²) in [6, 6.07) is 0. The highest BCUT2D eigenvalue weighted by Gasteiger charge is 2.12. The number of hydrogen-bond acceptors (Lipinski definition) is 3. The Labute approximate surface area is 56.8 Å². The molecular weight excluding hydrogens is 134 g/mol. The minimum Gasteiger partial charge on any atom is -0.465 e. The van der Waals surface area contributed by atoms with Crippen molar-refractivity contribution in [3.63, 3.8) is 0 Å². The van der Waals surface area contributed by atoms with Gasteiger partial charge in [0.05, 0.1) is 10.9 Å². The first-order valence-corrected chi connectivity index (χ1v) is 3.62. The van der Waals surface area contributed by atoms with E-state index in [0.29, 0.717) is 0 Å². The van der Waals surface area contributed by atoms with Gasteiger partial charge in [-0.2, -0.15) is 0 Å². The van der Waals surface area contributed by atoms with Gasteiger partial charge in [-0.25, -0.2) is 4.98 Å². The molecule has 1 heterocycles. The van der Waals surface area contributed by atoms with Crippen molar-refractivity contribution in [2.24, 2.45) is 0 Å². The molecule has 0 spiro atoms. The first-order valence-electron chi connectivity index (χ1n) is 2.68. The van der Waals surface area contributed by atoms with E-state index in [1.54, 1.807) is 16.8 Å². The predicted octanol–water partition coefficient (Wildman–Crippen LogP) is 1.46. The molecule has 0 aromatic carbocycles. The number of rotatable bonds is 2. The van der Waals surface area contributed by atoms with E-state index >= 15 is 0 Å². The summed E-state index contributed by atoms with van der Waals surface area (Å²) in [4.78, 5) is 3.95. The first kappa shape index (κ1) is 4.99. The fourth-order valence-corrected chi connectivity index (χ4v) is 0.981. The van der Waals surface area contributed by atoms with Crippen molar-refractivity contribution in [3.8, 4) is 5.88 Å². The zero-order valence-corrected chi connectivity index (χ0v) is 5.47. The molecule has 0 atom stereocenters. The quantitative estimate of drug-likeness (QED) is 0.579. The number of aromatic nitrogens is 1. The summed E-state index contributed by atoms with van der Waals surface area (Å²) >= 11 is 1.55. The number of ether oxygens (including phenoxy) is 1. The summed E-state index contributed by atoms with van der Waals surface area (Å²) in [5, 5.41) is 1.89. The molecule has 2 rings (SSSR count). The van der Waals surface area contributed by atoms with Gasteiger partial charge < -0.3 is 4.74 Å². The van der Waals surface area contributed by atoms with Crippen LogP contribution in [0.25, 0.3) is 0 Å². The van der Waals surface area contributed by atoms with Gasteiger partial charge in [-0.05, 0) is 12.2 Å². The number of thiazole rings is 1. The fraction of sp³-hybridized carbons (Fsp3) is 0.167. The van der Waals surface area contributed by atoms with Crippen LogP contribution in [0, 0.1) is 0 Å². The molecule has 9 heavy (non-hydrogen) atoms. The van der Waals surface area contributed by atoms with Crippen molar-refractivity contribution >= 4 is 11.3 Å². The number of nitrogens with zero attached hydrogens (tertiary/aromatic N) is 1. The topological polar surface area (TPSA) is 22.1 Å². The van der Waals surface area contributed by atoms with E-state index in [0.717, 1.165) is 5.88 Å². The normalized spacial score (nSPS) is 16.0. The summed E-state index contributed by atoms with van der Waals surface area (Å²) in [5.74, 6) is 0.731. The van der Waals surface area contributed by atoms with Crippen LogP contribution in [0.3, 0.4) is 0 Å². The van der Waals surface area contributed by atoms with Gasteiger partial charge in [0.1, 0.15) is 6.10 Å². The molecule has 0 unspecified atom stereocenters. The van der Waals surface area contributed by atoms with Gasteiger partial charge in [0.15, 0.2) is 0 Å². The summed E-state index contributed by atoms with van der Waals surface area (Å²) in [5.41, 5.74) is 1.76. The Hall–Kier alpha value is -0.830. The number of hydrogen-bond donors (Lipinski definition) is 0. The average molecular weight is 139 g/mol. The smallest absolute Gasteiger partial charge is 0.225 e. The maximum Gasteiger partial charge on any atom is 0.225 e. The zero-order chi connectivity index (χ0) is 6.10.